The number of carbonyl (C=O) groups is 1. The van der Waals surface area contributed by atoms with Crippen LogP contribution in [-0.2, 0) is 9.84 Å². The van der Waals surface area contributed by atoms with Crippen LogP contribution in [0.4, 0.5) is 5.95 Å². The Bertz CT molecular complexity index is 643. The summed E-state index contributed by atoms with van der Waals surface area (Å²) in [5.41, 5.74) is 0.381. The molecule has 2 rings (SSSR count). The van der Waals surface area contributed by atoms with Gasteiger partial charge < -0.3 is 10.2 Å². The summed E-state index contributed by atoms with van der Waals surface area (Å²) in [5.74, 6) is 0.934. The smallest absolute Gasteiger partial charge is 0.257 e. The van der Waals surface area contributed by atoms with Gasteiger partial charge in [-0.3, -0.25) is 4.79 Å². The zero-order valence-electron chi connectivity index (χ0n) is 13.8. The van der Waals surface area contributed by atoms with E-state index in [1.807, 2.05) is 6.92 Å². The molecule has 1 aromatic heterocycles. The summed E-state index contributed by atoms with van der Waals surface area (Å²) in [6.07, 6.45) is 3.48. The topological polar surface area (TPSA) is 92.3 Å². The maximum absolute atomic E-state index is 12.6. The maximum atomic E-state index is 12.6. The molecule has 1 amide bonds. The largest absolute Gasteiger partial charge is 0.354 e. The number of carbonyl (C=O) groups excluding carboxylic acids is 1. The molecule has 7 nitrogen and oxygen atoms in total. The number of hydrogen-bond donors (Lipinski definition) is 1. The van der Waals surface area contributed by atoms with Crippen molar-refractivity contribution in [1.82, 2.24) is 14.9 Å². The zero-order chi connectivity index (χ0) is 17.0. The Morgan fingerprint density at radius 2 is 2.04 bits per heavy atom. The second-order valence-corrected chi connectivity index (χ2v) is 8.45. The van der Waals surface area contributed by atoms with Gasteiger partial charge in [0.2, 0.25) is 5.95 Å². The molecule has 2 heterocycles. The predicted octanol–water partition coefficient (Wildman–Crippen LogP) is 1.19. The summed E-state index contributed by atoms with van der Waals surface area (Å²) in [7, 11) is -3.02. The minimum Gasteiger partial charge on any atom is -0.354 e. The van der Waals surface area contributed by atoms with Crippen molar-refractivity contribution in [3.05, 3.63) is 18.0 Å². The Balaban J connectivity index is 2.06. The van der Waals surface area contributed by atoms with Crippen LogP contribution in [0.3, 0.4) is 0 Å². The molecule has 128 valence electrons. The number of nitrogens with zero attached hydrogens (tertiary/aromatic N) is 3. The Morgan fingerprint density at radius 3 is 2.52 bits per heavy atom. The van der Waals surface area contributed by atoms with Gasteiger partial charge in [-0.25, -0.2) is 18.4 Å². The normalized spacial score (nSPS) is 19.7. The second-order valence-electron chi connectivity index (χ2n) is 6.22. The van der Waals surface area contributed by atoms with Crippen molar-refractivity contribution in [3.63, 3.8) is 0 Å². The third-order valence-corrected chi connectivity index (χ3v) is 5.57. The Labute approximate surface area is 137 Å². The van der Waals surface area contributed by atoms with Crippen LogP contribution in [0.15, 0.2) is 12.4 Å². The molecule has 0 spiro atoms. The molecule has 23 heavy (non-hydrogen) atoms. The molecule has 1 unspecified atom stereocenters. The molecule has 1 aliphatic rings. The lowest BCUT2D eigenvalue weighted by molar-refractivity contribution is 0.0707. The molecule has 0 aliphatic carbocycles. The van der Waals surface area contributed by atoms with Crippen molar-refractivity contribution in [1.29, 1.82) is 0 Å². The molecule has 1 saturated heterocycles. The third kappa shape index (κ3) is 4.63. The summed E-state index contributed by atoms with van der Waals surface area (Å²) < 4.78 is 23.2. The standard InChI is InChI=1S/C15H24N4O3S/c1-4-19(13-5-6-23(21,22)10-13)14(20)12-8-17-15(18-9-12)16-7-11(2)3/h8-9,11,13H,4-7,10H2,1-3H3,(H,16,17,18). The minimum atomic E-state index is -3.02. The Kier molecular flexibility index (Phi) is 5.56. The summed E-state index contributed by atoms with van der Waals surface area (Å²) in [6, 6.07) is -0.253. The van der Waals surface area contributed by atoms with Crippen LogP contribution in [-0.4, -0.2) is 59.8 Å². The van der Waals surface area contributed by atoms with Crippen LogP contribution in [0, 0.1) is 5.92 Å². The summed E-state index contributed by atoms with van der Waals surface area (Å²) in [4.78, 5) is 22.5. The molecule has 0 radical (unpaired) electrons. The highest BCUT2D eigenvalue weighted by molar-refractivity contribution is 7.91. The average molecular weight is 340 g/mol. The van der Waals surface area contributed by atoms with Crippen LogP contribution < -0.4 is 5.32 Å². The highest BCUT2D eigenvalue weighted by Gasteiger charge is 2.34. The average Bonchev–Trinajstić information content (AvgIpc) is 2.86. The van der Waals surface area contributed by atoms with Gasteiger partial charge >= 0.3 is 0 Å². The fraction of sp³-hybridized carbons (Fsp3) is 0.667. The van der Waals surface area contributed by atoms with Gasteiger partial charge in [0.05, 0.1) is 17.1 Å². The predicted molar refractivity (Wildman–Crippen MR) is 89.1 cm³/mol. The van der Waals surface area contributed by atoms with Gasteiger partial charge in [0.1, 0.15) is 0 Å². The van der Waals surface area contributed by atoms with Crippen molar-refractivity contribution in [3.8, 4) is 0 Å². The van der Waals surface area contributed by atoms with E-state index in [9.17, 15) is 13.2 Å². The van der Waals surface area contributed by atoms with E-state index in [-0.39, 0.29) is 23.5 Å². The molecule has 1 N–H and O–H groups in total. The SMILES string of the molecule is CCN(C(=O)c1cnc(NCC(C)C)nc1)C1CCS(=O)(=O)C1. The van der Waals surface area contributed by atoms with E-state index in [2.05, 4.69) is 29.1 Å². The monoisotopic (exact) mass is 340 g/mol. The van der Waals surface area contributed by atoms with E-state index in [4.69, 9.17) is 0 Å². The molecule has 1 aromatic rings. The molecule has 0 aromatic carbocycles. The molecule has 0 saturated carbocycles. The minimum absolute atomic E-state index is 0.0431. The lowest BCUT2D eigenvalue weighted by Crippen LogP contribution is -2.41. The van der Waals surface area contributed by atoms with Crippen molar-refractivity contribution in [2.24, 2.45) is 5.92 Å². The molecule has 0 bridgehead atoms. The second kappa shape index (κ2) is 7.25. The van der Waals surface area contributed by atoms with E-state index in [0.717, 1.165) is 6.54 Å². The van der Waals surface area contributed by atoms with E-state index >= 15 is 0 Å². The van der Waals surface area contributed by atoms with Crippen molar-refractivity contribution < 1.29 is 13.2 Å². The number of rotatable bonds is 6. The number of aromatic nitrogens is 2. The highest BCUT2D eigenvalue weighted by atomic mass is 32.2. The number of anilines is 1. The molecule has 1 aliphatic heterocycles. The van der Waals surface area contributed by atoms with E-state index in [1.165, 1.54) is 12.4 Å². The summed E-state index contributed by atoms with van der Waals surface area (Å²) in [6.45, 7) is 7.24. The quantitative estimate of drug-likeness (QED) is 0.836. The van der Waals surface area contributed by atoms with Gasteiger partial charge in [-0.15, -0.1) is 0 Å². The number of nitrogens with one attached hydrogen (secondary N) is 1. The van der Waals surface area contributed by atoms with Crippen molar-refractivity contribution in [2.45, 2.75) is 33.2 Å². The Morgan fingerprint density at radius 1 is 1.39 bits per heavy atom. The third-order valence-electron chi connectivity index (χ3n) is 3.82. The van der Waals surface area contributed by atoms with Crippen LogP contribution in [0.5, 0.6) is 0 Å². The van der Waals surface area contributed by atoms with E-state index in [0.29, 0.717) is 30.4 Å². The van der Waals surface area contributed by atoms with Gasteiger partial charge in [-0.1, -0.05) is 13.8 Å². The van der Waals surface area contributed by atoms with Gasteiger partial charge in [0.25, 0.3) is 5.91 Å². The first-order valence-corrected chi connectivity index (χ1v) is 9.72. The molecule has 8 heteroatoms. The fourth-order valence-corrected chi connectivity index (χ4v) is 4.31. The van der Waals surface area contributed by atoms with Crippen LogP contribution in [0.2, 0.25) is 0 Å². The van der Waals surface area contributed by atoms with Gasteiger partial charge in [0, 0.05) is 31.5 Å². The Hall–Kier alpha value is -1.70. The number of hydrogen-bond acceptors (Lipinski definition) is 6. The number of amides is 1. The van der Waals surface area contributed by atoms with Gasteiger partial charge in [-0.2, -0.15) is 0 Å². The summed E-state index contributed by atoms with van der Waals surface area (Å²) >= 11 is 0. The van der Waals surface area contributed by atoms with Crippen LogP contribution in [0.1, 0.15) is 37.6 Å². The van der Waals surface area contributed by atoms with Crippen LogP contribution in [0.25, 0.3) is 0 Å². The first-order valence-electron chi connectivity index (χ1n) is 7.89. The molecular weight excluding hydrogens is 316 g/mol. The molecule has 1 fully saturated rings. The lowest BCUT2D eigenvalue weighted by Gasteiger charge is -2.26. The molecule has 1 atom stereocenters. The number of sulfone groups is 1. The maximum Gasteiger partial charge on any atom is 0.257 e. The van der Waals surface area contributed by atoms with Crippen molar-refractivity contribution >= 4 is 21.7 Å². The highest BCUT2D eigenvalue weighted by Crippen LogP contribution is 2.19. The van der Waals surface area contributed by atoms with Crippen molar-refractivity contribution in [2.75, 3.05) is 29.9 Å². The van der Waals surface area contributed by atoms with E-state index in [1.54, 1.807) is 4.90 Å². The van der Waals surface area contributed by atoms with Gasteiger partial charge in [0.15, 0.2) is 9.84 Å². The van der Waals surface area contributed by atoms with Crippen LogP contribution >= 0.6 is 0 Å². The first kappa shape index (κ1) is 17.7. The summed E-state index contributed by atoms with van der Waals surface area (Å²) in [5, 5.41) is 3.09. The fourth-order valence-electron chi connectivity index (χ4n) is 2.58. The first-order chi connectivity index (χ1) is 10.8. The zero-order valence-corrected chi connectivity index (χ0v) is 14.6. The molecular formula is C15H24N4O3S. The van der Waals surface area contributed by atoms with E-state index < -0.39 is 9.84 Å². The van der Waals surface area contributed by atoms with Gasteiger partial charge in [-0.05, 0) is 19.3 Å². The lowest BCUT2D eigenvalue weighted by atomic mass is 10.2.